The molecule has 0 bridgehead atoms. The van der Waals surface area contributed by atoms with Crippen LogP contribution in [0.1, 0.15) is 16.1 Å². The van der Waals surface area contributed by atoms with Gasteiger partial charge in [-0.15, -0.1) is 0 Å². The van der Waals surface area contributed by atoms with Crippen LogP contribution in [0, 0.1) is 0 Å². The zero-order chi connectivity index (χ0) is 9.47. The van der Waals surface area contributed by atoms with Gasteiger partial charge in [0.1, 0.15) is 0 Å². The Kier molecular flexibility index (Phi) is 1.66. The molecular formula is C7H7N3O2S. The van der Waals surface area contributed by atoms with Crippen molar-refractivity contribution in [1.29, 1.82) is 0 Å². The van der Waals surface area contributed by atoms with E-state index < -0.39 is 15.6 Å². The molecule has 0 N–H and O–H groups in total. The van der Waals surface area contributed by atoms with Crippen molar-refractivity contribution in [3.8, 4) is 0 Å². The van der Waals surface area contributed by atoms with Gasteiger partial charge in [-0.1, -0.05) is 0 Å². The van der Waals surface area contributed by atoms with Gasteiger partial charge in [0, 0.05) is 6.26 Å². The first kappa shape index (κ1) is 8.31. The largest absolute Gasteiger partial charge is 0.287 e. The maximum Gasteiger partial charge on any atom is 0.287 e. The van der Waals surface area contributed by atoms with Gasteiger partial charge in [-0.2, -0.15) is 14.6 Å². The van der Waals surface area contributed by atoms with E-state index in [1.807, 2.05) is 0 Å². The zero-order valence-corrected chi connectivity index (χ0v) is 7.74. The van der Waals surface area contributed by atoms with Crippen LogP contribution in [-0.4, -0.2) is 26.6 Å². The summed E-state index contributed by atoms with van der Waals surface area (Å²) in [4.78, 5) is 11.3. The van der Waals surface area contributed by atoms with Crippen molar-refractivity contribution >= 4 is 15.6 Å². The highest BCUT2D eigenvalue weighted by molar-refractivity contribution is 7.92. The molecule has 2 rings (SSSR count). The molecule has 1 atom stereocenters. The number of aromatic nitrogens is 2. The second kappa shape index (κ2) is 2.59. The third kappa shape index (κ3) is 1.44. The van der Waals surface area contributed by atoms with Crippen molar-refractivity contribution in [2.45, 2.75) is 5.75 Å². The summed E-state index contributed by atoms with van der Waals surface area (Å²) in [5, 5.41) is 7.38. The fraction of sp³-hybridized carbons (Fsp3) is 0.286. The number of hydrogen-bond acceptors (Lipinski definition) is 4. The lowest BCUT2D eigenvalue weighted by Gasteiger charge is -2.10. The molecular weight excluding hydrogens is 190 g/mol. The highest BCUT2D eigenvalue weighted by Gasteiger charge is 2.22. The van der Waals surface area contributed by atoms with E-state index in [0.717, 1.165) is 0 Å². The van der Waals surface area contributed by atoms with Gasteiger partial charge >= 0.3 is 0 Å². The monoisotopic (exact) mass is 197 g/mol. The molecule has 0 aliphatic carbocycles. The third-order valence-electron chi connectivity index (χ3n) is 1.71. The van der Waals surface area contributed by atoms with Gasteiger partial charge in [0.2, 0.25) is 0 Å². The van der Waals surface area contributed by atoms with E-state index in [9.17, 15) is 9.00 Å². The van der Waals surface area contributed by atoms with Crippen LogP contribution in [-0.2, 0) is 15.5 Å². The summed E-state index contributed by atoms with van der Waals surface area (Å²) in [6.45, 7) is 0. The predicted octanol–water partition coefficient (Wildman–Crippen LogP) is 0.228. The van der Waals surface area contributed by atoms with Crippen molar-refractivity contribution in [2.75, 3.05) is 6.26 Å². The van der Waals surface area contributed by atoms with Gasteiger partial charge in [-0.3, -0.25) is 4.79 Å². The Hall–Kier alpha value is -1.30. The molecule has 5 nitrogen and oxygen atoms in total. The molecule has 0 saturated carbocycles. The summed E-state index contributed by atoms with van der Waals surface area (Å²) in [7, 11) is -2.42. The van der Waals surface area contributed by atoms with Crippen LogP contribution in [0.15, 0.2) is 16.6 Å². The highest BCUT2D eigenvalue weighted by Crippen LogP contribution is 2.16. The standard InChI is InChI=1S/C7H7N3O2S/c1-13(12)4-6-5(7(11)10-13)2-3-8-9-6/h2-3H,4H2,1H3. The Morgan fingerprint density at radius 2 is 2.31 bits per heavy atom. The number of carbonyl (C=O) groups excluding carboxylic acids is 1. The molecule has 0 radical (unpaired) electrons. The maximum atomic E-state index is 11.5. The molecule has 1 aliphatic rings. The zero-order valence-electron chi connectivity index (χ0n) is 6.93. The van der Waals surface area contributed by atoms with E-state index in [4.69, 9.17) is 0 Å². The van der Waals surface area contributed by atoms with Crippen molar-refractivity contribution in [2.24, 2.45) is 4.36 Å². The third-order valence-corrected chi connectivity index (χ3v) is 3.07. The van der Waals surface area contributed by atoms with Crippen LogP contribution < -0.4 is 0 Å². The van der Waals surface area contributed by atoms with E-state index in [0.29, 0.717) is 11.3 Å². The first-order valence-electron chi connectivity index (χ1n) is 3.63. The molecule has 2 heterocycles. The Bertz CT molecular complexity index is 488. The number of carbonyl (C=O) groups is 1. The van der Waals surface area contributed by atoms with Crippen molar-refractivity contribution < 1.29 is 9.00 Å². The molecule has 13 heavy (non-hydrogen) atoms. The molecule has 0 spiro atoms. The Balaban J connectivity index is 2.66. The van der Waals surface area contributed by atoms with E-state index >= 15 is 0 Å². The van der Waals surface area contributed by atoms with Crippen molar-refractivity contribution in [3.63, 3.8) is 0 Å². The molecule has 68 valence electrons. The first-order valence-corrected chi connectivity index (χ1v) is 5.72. The molecule has 1 aromatic heterocycles. The Morgan fingerprint density at radius 1 is 1.54 bits per heavy atom. The molecule has 1 aliphatic heterocycles. The Labute approximate surface area is 75.4 Å². The molecule has 0 fully saturated rings. The van der Waals surface area contributed by atoms with Crippen LogP contribution in [0.4, 0.5) is 0 Å². The molecule has 0 saturated heterocycles. The van der Waals surface area contributed by atoms with Crippen LogP contribution in [0.2, 0.25) is 0 Å². The van der Waals surface area contributed by atoms with Gasteiger partial charge in [-0.05, 0) is 6.07 Å². The van der Waals surface area contributed by atoms with Crippen LogP contribution >= 0.6 is 0 Å². The van der Waals surface area contributed by atoms with Gasteiger partial charge in [-0.25, -0.2) is 4.21 Å². The van der Waals surface area contributed by atoms with E-state index in [-0.39, 0.29) is 5.75 Å². The second-order valence-electron chi connectivity index (χ2n) is 2.89. The molecule has 1 unspecified atom stereocenters. The second-order valence-corrected chi connectivity index (χ2v) is 5.28. The van der Waals surface area contributed by atoms with Crippen LogP contribution in [0.25, 0.3) is 0 Å². The molecule has 1 aromatic rings. The summed E-state index contributed by atoms with van der Waals surface area (Å²) in [5.74, 6) is -0.245. The van der Waals surface area contributed by atoms with Gasteiger partial charge in [0.15, 0.2) is 0 Å². The Morgan fingerprint density at radius 3 is 3.08 bits per heavy atom. The topological polar surface area (TPSA) is 72.3 Å². The number of rotatable bonds is 0. The summed E-state index contributed by atoms with van der Waals surface area (Å²) < 4.78 is 15.1. The maximum absolute atomic E-state index is 11.5. The highest BCUT2D eigenvalue weighted by atomic mass is 32.2. The molecule has 1 amide bonds. The lowest BCUT2D eigenvalue weighted by molar-refractivity contribution is 0.100. The first-order chi connectivity index (χ1) is 6.08. The minimum absolute atomic E-state index is 0.210. The average molecular weight is 197 g/mol. The van der Waals surface area contributed by atoms with Crippen LogP contribution in [0.3, 0.4) is 0 Å². The fourth-order valence-corrected chi connectivity index (χ4v) is 2.41. The quantitative estimate of drug-likeness (QED) is 0.596. The van der Waals surface area contributed by atoms with Crippen molar-refractivity contribution in [3.05, 3.63) is 23.5 Å². The number of hydrogen-bond donors (Lipinski definition) is 0. The normalized spacial score (nSPS) is 26.4. The number of fused-ring (bicyclic) bond motifs is 1. The molecule has 6 heteroatoms. The van der Waals surface area contributed by atoms with E-state index in [1.165, 1.54) is 12.5 Å². The summed E-state index contributed by atoms with van der Waals surface area (Å²) >= 11 is 0. The SMILES string of the molecule is CS1(=O)=NC(=O)c2ccnnc2C1. The average Bonchev–Trinajstić information content (AvgIpc) is 2.02. The lowest BCUT2D eigenvalue weighted by Crippen LogP contribution is -2.17. The molecule has 0 aromatic carbocycles. The summed E-state index contributed by atoms with van der Waals surface area (Å²) in [5.41, 5.74) is 0.894. The summed E-state index contributed by atoms with van der Waals surface area (Å²) in [6.07, 6.45) is 2.87. The van der Waals surface area contributed by atoms with Gasteiger partial charge in [0.25, 0.3) is 5.91 Å². The fourth-order valence-electron chi connectivity index (χ4n) is 1.17. The smallest absolute Gasteiger partial charge is 0.266 e. The van der Waals surface area contributed by atoms with E-state index in [2.05, 4.69) is 14.6 Å². The van der Waals surface area contributed by atoms with Crippen LogP contribution in [0.5, 0.6) is 0 Å². The minimum atomic E-state index is -2.42. The van der Waals surface area contributed by atoms with Crippen molar-refractivity contribution in [1.82, 2.24) is 10.2 Å². The number of nitrogens with zero attached hydrogens (tertiary/aromatic N) is 3. The lowest BCUT2D eigenvalue weighted by atomic mass is 10.2. The number of amides is 1. The van der Waals surface area contributed by atoms with Gasteiger partial charge < -0.3 is 0 Å². The minimum Gasteiger partial charge on any atom is -0.266 e. The van der Waals surface area contributed by atoms with Gasteiger partial charge in [0.05, 0.1) is 32.9 Å². The predicted molar refractivity (Wildman–Crippen MR) is 46.6 cm³/mol. The summed E-state index contributed by atoms with van der Waals surface area (Å²) in [6, 6.07) is 1.54. The van der Waals surface area contributed by atoms with E-state index in [1.54, 1.807) is 6.07 Å².